The van der Waals surface area contributed by atoms with Crippen LogP contribution in [0.2, 0.25) is 5.28 Å². The third-order valence-electron chi connectivity index (χ3n) is 5.60. The summed E-state index contributed by atoms with van der Waals surface area (Å²) >= 11 is 5.93. The molecular weight excluding hydrogens is 493 g/mol. The fraction of sp³-hybridized carbons (Fsp3) is 0.208. The molecule has 1 aliphatic heterocycles. The third-order valence-corrected chi connectivity index (χ3v) is 5.77. The Morgan fingerprint density at radius 2 is 1.67 bits per heavy atom. The smallest absolute Gasteiger partial charge is 0.338 e. The number of hydrogen-bond acceptors (Lipinski definition) is 9. The summed E-state index contributed by atoms with van der Waals surface area (Å²) in [6.45, 7) is -0.373. The van der Waals surface area contributed by atoms with Crippen LogP contribution in [0.15, 0.2) is 67.0 Å². The van der Waals surface area contributed by atoms with E-state index in [1.807, 2.05) is 0 Å². The van der Waals surface area contributed by atoms with Gasteiger partial charge in [0.2, 0.25) is 5.28 Å². The van der Waals surface area contributed by atoms with Crippen molar-refractivity contribution in [2.75, 3.05) is 12.3 Å². The van der Waals surface area contributed by atoms with E-state index in [1.165, 1.54) is 10.9 Å². The lowest BCUT2D eigenvalue weighted by atomic mass is 10.1. The summed E-state index contributed by atoms with van der Waals surface area (Å²) in [7, 11) is 0. The highest BCUT2D eigenvalue weighted by Gasteiger charge is 2.50. The molecule has 0 aliphatic carbocycles. The Balaban J connectivity index is 1.42. The molecule has 4 aromatic rings. The number of carbonyl (C=O) groups excluding carboxylic acids is 2. The standard InChI is InChI=1S/C24H19ClFN5O5/c25-24-29-19(27)17-20(30-24)31(12-28-17)21-16(26)18(36-23(33)14-9-5-2-6-10-14)15(35-21)11-34-22(32)13-7-3-1-4-8-13/h1-10,12,15-16,18,21H,11H2,(H2,27,29,30)/t15-,16+,18-,21-/m0/s1. The third kappa shape index (κ3) is 4.58. The number of hydrogen-bond donors (Lipinski definition) is 1. The lowest BCUT2D eigenvalue weighted by molar-refractivity contribution is -0.0570. The van der Waals surface area contributed by atoms with E-state index in [0.29, 0.717) is 5.56 Å². The molecule has 0 bridgehead atoms. The van der Waals surface area contributed by atoms with Crippen molar-refractivity contribution in [2.24, 2.45) is 0 Å². The van der Waals surface area contributed by atoms with Gasteiger partial charge in [0.15, 0.2) is 30.0 Å². The Morgan fingerprint density at radius 3 is 2.33 bits per heavy atom. The minimum absolute atomic E-state index is 0.0116. The summed E-state index contributed by atoms with van der Waals surface area (Å²) in [5.41, 5.74) is 6.73. The first kappa shape index (κ1) is 23.6. The molecule has 1 saturated heterocycles. The van der Waals surface area contributed by atoms with Gasteiger partial charge in [-0.2, -0.15) is 9.97 Å². The number of alkyl halides is 1. The molecule has 12 heteroatoms. The number of nitrogen functional groups attached to an aromatic ring is 1. The number of fused-ring (bicyclic) bond motifs is 1. The lowest BCUT2D eigenvalue weighted by Gasteiger charge is -2.19. The van der Waals surface area contributed by atoms with Gasteiger partial charge in [0.25, 0.3) is 0 Å². The summed E-state index contributed by atoms with van der Waals surface area (Å²) in [6.07, 6.45) is -4.45. The molecule has 5 rings (SSSR count). The average Bonchev–Trinajstić information content (AvgIpc) is 3.44. The quantitative estimate of drug-likeness (QED) is 0.305. The number of esters is 2. The van der Waals surface area contributed by atoms with Gasteiger partial charge in [-0.1, -0.05) is 36.4 Å². The van der Waals surface area contributed by atoms with Crippen LogP contribution < -0.4 is 5.73 Å². The molecule has 1 aliphatic rings. The van der Waals surface area contributed by atoms with Crippen LogP contribution in [0.4, 0.5) is 10.2 Å². The molecule has 0 saturated carbocycles. The van der Waals surface area contributed by atoms with E-state index >= 15 is 4.39 Å². The van der Waals surface area contributed by atoms with Crippen LogP contribution in [0.5, 0.6) is 0 Å². The maximum Gasteiger partial charge on any atom is 0.338 e. The molecule has 0 unspecified atom stereocenters. The zero-order chi connectivity index (χ0) is 25.2. The molecule has 0 amide bonds. The summed E-state index contributed by atoms with van der Waals surface area (Å²) in [6, 6.07) is 16.4. The SMILES string of the molecule is Nc1nc(Cl)nc2c1ncn2[C@H]1O[C@@H](COC(=O)c2ccccc2)[C@H](OC(=O)c2ccccc2)[C@H]1F. The summed E-state index contributed by atoms with van der Waals surface area (Å²) < 4.78 is 33.9. The van der Waals surface area contributed by atoms with Gasteiger partial charge in [-0.15, -0.1) is 0 Å². The number of nitrogens with two attached hydrogens (primary N) is 1. The van der Waals surface area contributed by atoms with Crippen molar-refractivity contribution in [3.8, 4) is 0 Å². The maximum absolute atomic E-state index is 15.8. The molecule has 4 atom stereocenters. The number of rotatable bonds is 6. The van der Waals surface area contributed by atoms with E-state index in [2.05, 4.69) is 15.0 Å². The number of carbonyl (C=O) groups is 2. The normalized spacial score (nSPS) is 21.4. The highest BCUT2D eigenvalue weighted by molar-refractivity contribution is 6.28. The van der Waals surface area contributed by atoms with Crippen LogP contribution in [0.1, 0.15) is 26.9 Å². The van der Waals surface area contributed by atoms with Crippen molar-refractivity contribution in [2.45, 2.75) is 24.6 Å². The molecule has 3 heterocycles. The molecule has 2 N–H and O–H groups in total. The number of ether oxygens (including phenoxy) is 3. The zero-order valence-corrected chi connectivity index (χ0v) is 19.3. The van der Waals surface area contributed by atoms with Crippen molar-refractivity contribution in [3.63, 3.8) is 0 Å². The first-order valence-corrected chi connectivity index (χ1v) is 11.2. The van der Waals surface area contributed by atoms with Crippen LogP contribution in [0, 0.1) is 0 Å². The maximum atomic E-state index is 15.8. The number of imidazole rings is 1. The highest BCUT2D eigenvalue weighted by Crippen LogP contribution is 2.36. The van der Waals surface area contributed by atoms with Crippen molar-refractivity contribution < 1.29 is 28.2 Å². The van der Waals surface area contributed by atoms with Crippen molar-refractivity contribution >= 4 is 40.5 Å². The molecule has 2 aromatic heterocycles. The largest absolute Gasteiger partial charge is 0.459 e. The Morgan fingerprint density at radius 1 is 1.03 bits per heavy atom. The van der Waals surface area contributed by atoms with Crippen LogP contribution in [0.25, 0.3) is 11.2 Å². The Hall–Kier alpha value is -4.09. The topological polar surface area (TPSA) is 131 Å². The lowest BCUT2D eigenvalue weighted by Crippen LogP contribution is -2.37. The second kappa shape index (κ2) is 9.88. The highest BCUT2D eigenvalue weighted by atomic mass is 35.5. The first-order valence-electron chi connectivity index (χ1n) is 10.9. The Kier molecular flexibility index (Phi) is 6.49. The van der Waals surface area contributed by atoms with Crippen LogP contribution in [0.3, 0.4) is 0 Å². The molecule has 0 radical (unpaired) electrons. The number of aromatic nitrogens is 4. The van der Waals surface area contributed by atoms with Gasteiger partial charge in [-0.25, -0.2) is 19.0 Å². The predicted molar refractivity (Wildman–Crippen MR) is 126 cm³/mol. The zero-order valence-electron chi connectivity index (χ0n) is 18.5. The van der Waals surface area contributed by atoms with E-state index in [4.69, 9.17) is 31.5 Å². The molecule has 184 valence electrons. The van der Waals surface area contributed by atoms with Crippen LogP contribution >= 0.6 is 11.6 Å². The molecular formula is C24H19ClFN5O5. The summed E-state index contributed by atoms with van der Waals surface area (Å²) in [5.74, 6) is -1.37. The van der Waals surface area contributed by atoms with Gasteiger partial charge < -0.3 is 19.9 Å². The van der Waals surface area contributed by atoms with Crippen LogP contribution in [-0.4, -0.2) is 56.4 Å². The fourth-order valence-corrected chi connectivity index (χ4v) is 4.04. The van der Waals surface area contributed by atoms with Crippen molar-refractivity contribution in [1.29, 1.82) is 0 Å². The van der Waals surface area contributed by atoms with E-state index in [1.54, 1.807) is 60.7 Å². The molecule has 0 spiro atoms. The van der Waals surface area contributed by atoms with Gasteiger partial charge in [-0.05, 0) is 35.9 Å². The van der Waals surface area contributed by atoms with E-state index in [0.717, 1.165) is 0 Å². The van der Waals surface area contributed by atoms with E-state index in [9.17, 15) is 9.59 Å². The minimum atomic E-state index is -1.87. The summed E-state index contributed by atoms with van der Waals surface area (Å²) in [4.78, 5) is 37.2. The molecule has 1 fully saturated rings. The van der Waals surface area contributed by atoms with Gasteiger partial charge in [0, 0.05) is 0 Å². The van der Waals surface area contributed by atoms with Crippen LogP contribution in [-0.2, 0) is 14.2 Å². The van der Waals surface area contributed by atoms with E-state index in [-0.39, 0.29) is 34.4 Å². The Bertz CT molecular complexity index is 1400. The molecule has 36 heavy (non-hydrogen) atoms. The predicted octanol–water partition coefficient (Wildman–Crippen LogP) is 3.38. The van der Waals surface area contributed by atoms with Gasteiger partial charge in [0.05, 0.1) is 17.5 Å². The minimum Gasteiger partial charge on any atom is -0.459 e. The number of nitrogens with zero attached hydrogens (tertiary/aromatic N) is 4. The first-order chi connectivity index (χ1) is 17.4. The monoisotopic (exact) mass is 511 g/mol. The molecule has 2 aromatic carbocycles. The number of benzene rings is 2. The van der Waals surface area contributed by atoms with Gasteiger partial charge in [0.1, 0.15) is 18.2 Å². The van der Waals surface area contributed by atoms with Crippen molar-refractivity contribution in [1.82, 2.24) is 19.5 Å². The summed E-state index contributed by atoms with van der Waals surface area (Å²) in [5, 5.41) is -0.157. The molecule has 10 nitrogen and oxygen atoms in total. The Labute approximate surface area is 208 Å². The second-order valence-electron chi connectivity index (χ2n) is 7.91. The fourth-order valence-electron chi connectivity index (χ4n) is 3.87. The van der Waals surface area contributed by atoms with E-state index < -0.39 is 36.5 Å². The second-order valence-corrected chi connectivity index (χ2v) is 8.25. The number of anilines is 1. The van der Waals surface area contributed by atoms with Gasteiger partial charge in [-0.3, -0.25) is 4.57 Å². The number of halogens is 2. The van der Waals surface area contributed by atoms with Gasteiger partial charge >= 0.3 is 11.9 Å². The average molecular weight is 512 g/mol. The van der Waals surface area contributed by atoms with Crippen molar-refractivity contribution in [3.05, 3.63) is 83.4 Å².